The predicted molar refractivity (Wildman–Crippen MR) is 25.7 cm³/mol. The maximum absolute atomic E-state index is 7.33. The second-order valence-electron chi connectivity index (χ2n) is 0.600. The summed E-state index contributed by atoms with van der Waals surface area (Å²) in [4.78, 5) is 29.3. The van der Waals surface area contributed by atoms with E-state index >= 15 is 0 Å². The van der Waals surface area contributed by atoms with E-state index in [4.69, 9.17) is 19.2 Å². The van der Waals surface area contributed by atoms with Crippen molar-refractivity contribution in [1.82, 2.24) is 0 Å². The van der Waals surface area contributed by atoms with E-state index in [1.54, 1.807) is 0 Å². The van der Waals surface area contributed by atoms with E-state index < -0.39 is 9.05 Å². The Morgan fingerprint density at radius 1 is 0.857 bits per heavy atom. The Balaban J connectivity index is -0.0000000800. The van der Waals surface area contributed by atoms with E-state index in [0.29, 0.717) is 0 Å². The first-order chi connectivity index (χ1) is 2.00. The summed E-state index contributed by atoms with van der Waals surface area (Å²) in [7, 11) is -4.61. The topological polar surface area (TPSA) is 80.9 Å². The van der Waals surface area contributed by atoms with Crippen LogP contribution < -0.4 is 0 Å². The third-order valence-corrected chi connectivity index (χ3v) is 0. The summed E-state index contributed by atoms with van der Waals surface area (Å²) in [6.45, 7) is 0. The molecule has 0 amide bonds. The molecule has 0 bridgehead atoms. The molecule has 0 aromatic heterocycles. The standard InChI is InChI=1S/Ba.FH.H4O4Si.2H/c;;1-5(2,3)4;;/h;1H;1-4H;;. The molecule has 0 aliphatic heterocycles. The molecule has 0 aliphatic rings. The first kappa shape index (κ1) is 15.8. The van der Waals surface area contributed by atoms with Gasteiger partial charge >= 0.3 is 57.9 Å². The average molecular weight is 255 g/mol. The SMILES string of the molecule is F.O[Si](O)(O)O.[BaH2]. The van der Waals surface area contributed by atoms with E-state index in [1.807, 2.05) is 0 Å². The third-order valence-electron chi connectivity index (χ3n) is 0. The van der Waals surface area contributed by atoms with Crippen LogP contribution in [-0.2, 0) is 0 Å². The van der Waals surface area contributed by atoms with Crippen LogP contribution in [0.15, 0.2) is 0 Å². The first-order valence-corrected chi connectivity index (χ1v) is 2.68. The third kappa shape index (κ3) is 96.2. The zero-order valence-electron chi connectivity index (χ0n) is 2.70. The number of halogens is 1. The fourth-order valence-electron chi connectivity index (χ4n) is 0. The summed E-state index contributed by atoms with van der Waals surface area (Å²) in [6.07, 6.45) is 0. The molecule has 0 saturated heterocycles. The fourth-order valence-corrected chi connectivity index (χ4v) is 0. The van der Waals surface area contributed by atoms with E-state index in [-0.39, 0.29) is 53.6 Å². The van der Waals surface area contributed by atoms with Gasteiger partial charge in [-0.25, -0.2) is 0 Å². The monoisotopic (exact) mass is 256 g/mol. The molecule has 0 unspecified atom stereocenters. The van der Waals surface area contributed by atoms with Crippen molar-refractivity contribution >= 4 is 57.9 Å². The molecule has 0 atom stereocenters. The van der Waals surface area contributed by atoms with Gasteiger partial charge in [-0.05, 0) is 0 Å². The van der Waals surface area contributed by atoms with Crippen LogP contribution >= 0.6 is 0 Å². The molecule has 4 N–H and O–H groups in total. The van der Waals surface area contributed by atoms with Crippen molar-refractivity contribution in [3.8, 4) is 0 Å². The Hall–Kier alpha value is 1.56. The zero-order chi connectivity index (χ0) is 4.50. The molecule has 0 rings (SSSR count). The van der Waals surface area contributed by atoms with Crippen molar-refractivity contribution in [1.29, 1.82) is 0 Å². The summed E-state index contributed by atoms with van der Waals surface area (Å²) in [5.41, 5.74) is 0. The van der Waals surface area contributed by atoms with Gasteiger partial charge in [0.25, 0.3) is 0 Å². The Kier molecular flexibility index (Phi) is 12.9. The van der Waals surface area contributed by atoms with Crippen LogP contribution in [0.3, 0.4) is 0 Å². The van der Waals surface area contributed by atoms with Crippen molar-refractivity contribution in [3.05, 3.63) is 0 Å². The molecule has 0 radical (unpaired) electrons. The van der Waals surface area contributed by atoms with Gasteiger partial charge in [-0.15, -0.1) is 0 Å². The van der Waals surface area contributed by atoms with E-state index in [2.05, 4.69) is 0 Å². The molecule has 44 valence electrons. The van der Waals surface area contributed by atoms with Crippen LogP contribution in [0.25, 0.3) is 0 Å². The van der Waals surface area contributed by atoms with Crippen molar-refractivity contribution in [2.24, 2.45) is 0 Å². The summed E-state index contributed by atoms with van der Waals surface area (Å²) in [5, 5.41) is 0. The van der Waals surface area contributed by atoms with Gasteiger partial charge in [0.05, 0.1) is 0 Å². The van der Waals surface area contributed by atoms with Crippen molar-refractivity contribution in [3.63, 3.8) is 0 Å². The van der Waals surface area contributed by atoms with Crippen LogP contribution in [0.5, 0.6) is 0 Å². The van der Waals surface area contributed by atoms with E-state index in [1.165, 1.54) is 0 Å². The van der Waals surface area contributed by atoms with E-state index in [9.17, 15) is 0 Å². The van der Waals surface area contributed by atoms with Gasteiger partial charge in [-0.1, -0.05) is 0 Å². The minimum atomic E-state index is -4.61. The Morgan fingerprint density at radius 3 is 0.857 bits per heavy atom. The van der Waals surface area contributed by atoms with Crippen molar-refractivity contribution < 1.29 is 23.9 Å². The van der Waals surface area contributed by atoms with Gasteiger partial charge in [-0.3, -0.25) is 4.70 Å². The van der Waals surface area contributed by atoms with Crippen LogP contribution in [-0.4, -0.2) is 77.1 Å². The summed E-state index contributed by atoms with van der Waals surface area (Å²) < 4.78 is 0. The molecule has 0 aliphatic carbocycles. The quantitative estimate of drug-likeness (QED) is 0.341. The molecule has 0 saturated carbocycles. The molecule has 0 aromatic rings. The molecular weight excluding hydrogens is 248 g/mol. The van der Waals surface area contributed by atoms with Crippen LogP contribution in [0, 0.1) is 0 Å². The number of rotatable bonds is 0. The Morgan fingerprint density at radius 2 is 0.857 bits per heavy atom. The molecule has 0 heterocycles. The van der Waals surface area contributed by atoms with Crippen LogP contribution in [0.2, 0.25) is 0 Å². The first-order valence-electron chi connectivity index (χ1n) is 0.894. The summed E-state index contributed by atoms with van der Waals surface area (Å²) in [6, 6.07) is 0. The normalized spacial score (nSPS) is 8.57. The van der Waals surface area contributed by atoms with Crippen LogP contribution in [0.4, 0.5) is 4.70 Å². The maximum atomic E-state index is 7.33. The zero-order valence-corrected chi connectivity index (χ0v) is 3.70. The molecule has 7 heavy (non-hydrogen) atoms. The molecule has 0 fully saturated rings. The summed E-state index contributed by atoms with van der Waals surface area (Å²) in [5.74, 6) is 0. The van der Waals surface area contributed by atoms with Crippen molar-refractivity contribution in [2.75, 3.05) is 0 Å². The van der Waals surface area contributed by atoms with Crippen molar-refractivity contribution in [2.45, 2.75) is 0 Å². The van der Waals surface area contributed by atoms with Gasteiger partial charge in [0.1, 0.15) is 0 Å². The minimum absolute atomic E-state index is 0. The van der Waals surface area contributed by atoms with Gasteiger partial charge < -0.3 is 19.2 Å². The second-order valence-corrected chi connectivity index (χ2v) is 1.80. The molecule has 0 aromatic carbocycles. The Bertz CT molecular complexity index is 27.2. The fraction of sp³-hybridized carbons (Fsp3) is 0. The molecule has 7 heteroatoms. The van der Waals surface area contributed by atoms with Crippen LogP contribution in [0.1, 0.15) is 0 Å². The Labute approximate surface area is 80.7 Å². The number of hydrogen-bond donors (Lipinski definition) is 4. The average Bonchev–Trinajstić information content (AvgIpc) is 0.722. The molecular formula is H7BaFO4Si. The van der Waals surface area contributed by atoms with Gasteiger partial charge in [0, 0.05) is 0 Å². The van der Waals surface area contributed by atoms with Gasteiger partial charge in [0.2, 0.25) is 0 Å². The van der Waals surface area contributed by atoms with Gasteiger partial charge in [-0.2, -0.15) is 0 Å². The number of hydrogen-bond acceptors (Lipinski definition) is 4. The molecule has 0 spiro atoms. The van der Waals surface area contributed by atoms with E-state index in [0.717, 1.165) is 0 Å². The summed E-state index contributed by atoms with van der Waals surface area (Å²) >= 11 is 0. The predicted octanol–water partition coefficient (Wildman–Crippen LogP) is -3.37. The van der Waals surface area contributed by atoms with Gasteiger partial charge in [0.15, 0.2) is 0 Å². The second kappa shape index (κ2) is 5.69. The molecule has 4 nitrogen and oxygen atoms in total.